The summed E-state index contributed by atoms with van der Waals surface area (Å²) in [5, 5.41) is 0.617. The zero-order chi connectivity index (χ0) is 15.2. The Balaban J connectivity index is 2.32. The summed E-state index contributed by atoms with van der Waals surface area (Å²) in [6.45, 7) is 1.99. The maximum absolute atomic E-state index is 11.5. The quantitative estimate of drug-likeness (QED) is 0.481. The first kappa shape index (κ1) is 15.1. The van der Waals surface area contributed by atoms with E-state index in [4.69, 9.17) is 16.3 Å². The van der Waals surface area contributed by atoms with Gasteiger partial charge < -0.3 is 9.47 Å². The number of hydrogen-bond acceptors (Lipinski definition) is 3. The van der Waals surface area contributed by atoms with Crippen molar-refractivity contribution in [1.29, 1.82) is 0 Å². The first-order valence-corrected chi connectivity index (χ1v) is 6.76. The molecule has 0 bridgehead atoms. The van der Waals surface area contributed by atoms with Crippen molar-refractivity contribution in [2.24, 2.45) is 0 Å². The fourth-order valence-electron chi connectivity index (χ4n) is 1.69. The zero-order valence-electron chi connectivity index (χ0n) is 11.8. The number of carbonyl (C=O) groups is 1. The zero-order valence-corrected chi connectivity index (χ0v) is 12.6. The van der Waals surface area contributed by atoms with Crippen LogP contribution in [0.5, 0.6) is 5.75 Å². The highest BCUT2D eigenvalue weighted by atomic mass is 35.5. The molecule has 108 valence electrons. The minimum absolute atomic E-state index is 0.405. The van der Waals surface area contributed by atoms with E-state index in [2.05, 4.69) is 4.74 Å². The number of halogens is 1. The number of carbonyl (C=O) groups excluding carboxylic acids is 1. The van der Waals surface area contributed by atoms with Crippen LogP contribution in [0.2, 0.25) is 5.02 Å². The average Bonchev–Trinajstić information content (AvgIpc) is 2.49. The Hall–Kier alpha value is -2.26. The number of benzene rings is 2. The van der Waals surface area contributed by atoms with Crippen molar-refractivity contribution in [2.75, 3.05) is 7.11 Å². The molecule has 2 aromatic rings. The molecule has 0 spiro atoms. The predicted octanol–water partition coefficient (Wildman–Crippen LogP) is 4.24. The molecule has 0 aliphatic rings. The maximum atomic E-state index is 11.5. The lowest BCUT2D eigenvalue weighted by Gasteiger charge is -2.10. The smallest absolute Gasteiger partial charge is 0.334 e. The second kappa shape index (κ2) is 6.95. The summed E-state index contributed by atoms with van der Waals surface area (Å²) >= 11 is 5.88. The minimum atomic E-state index is -0.480. The molecule has 3 nitrogen and oxygen atoms in total. The van der Waals surface area contributed by atoms with Crippen LogP contribution < -0.4 is 4.74 Å². The van der Waals surface area contributed by atoms with E-state index in [1.165, 1.54) is 13.2 Å². The van der Waals surface area contributed by atoms with E-state index >= 15 is 0 Å². The molecule has 0 amide bonds. The first-order chi connectivity index (χ1) is 10.1. The van der Waals surface area contributed by atoms with Gasteiger partial charge in [-0.1, -0.05) is 29.3 Å². The number of aryl methyl sites for hydroxylation is 1. The van der Waals surface area contributed by atoms with Crippen molar-refractivity contribution in [2.45, 2.75) is 6.92 Å². The molecule has 0 aromatic heterocycles. The second-order valence-corrected chi connectivity index (χ2v) is 4.89. The van der Waals surface area contributed by atoms with Crippen molar-refractivity contribution in [3.63, 3.8) is 0 Å². The van der Waals surface area contributed by atoms with Gasteiger partial charge in [-0.05, 0) is 43.3 Å². The lowest BCUT2D eigenvalue weighted by Crippen LogP contribution is -2.02. The molecule has 0 unspecified atom stereocenters. The first-order valence-electron chi connectivity index (χ1n) is 6.38. The molecule has 21 heavy (non-hydrogen) atoms. The Morgan fingerprint density at radius 3 is 2.24 bits per heavy atom. The van der Waals surface area contributed by atoms with Crippen molar-refractivity contribution >= 4 is 23.3 Å². The monoisotopic (exact) mass is 302 g/mol. The molecule has 0 aliphatic heterocycles. The molecule has 0 saturated carbocycles. The molecule has 0 saturated heterocycles. The average molecular weight is 303 g/mol. The molecular formula is C17H15ClO3. The summed E-state index contributed by atoms with van der Waals surface area (Å²) in [7, 11) is 1.32. The van der Waals surface area contributed by atoms with Crippen LogP contribution in [0, 0.1) is 6.92 Å². The molecule has 0 radical (unpaired) electrons. The summed E-state index contributed by atoms with van der Waals surface area (Å²) in [5.41, 5.74) is 1.87. The van der Waals surface area contributed by atoms with Gasteiger partial charge in [0.05, 0.1) is 13.2 Å². The lowest BCUT2D eigenvalue weighted by molar-refractivity contribution is -0.134. The molecule has 0 N–H and O–H groups in total. The third kappa shape index (κ3) is 4.36. The molecule has 2 aromatic carbocycles. The van der Waals surface area contributed by atoms with Crippen LogP contribution in [0.25, 0.3) is 5.76 Å². The van der Waals surface area contributed by atoms with Crippen LogP contribution in [0.1, 0.15) is 11.1 Å². The van der Waals surface area contributed by atoms with E-state index in [1.807, 2.05) is 31.2 Å². The lowest BCUT2D eigenvalue weighted by atomic mass is 10.1. The van der Waals surface area contributed by atoms with Gasteiger partial charge in [0, 0.05) is 10.6 Å². The Bertz CT molecular complexity index is 643. The van der Waals surface area contributed by atoms with Gasteiger partial charge in [-0.2, -0.15) is 0 Å². The van der Waals surface area contributed by atoms with Crippen molar-refractivity contribution in [1.82, 2.24) is 0 Å². The summed E-state index contributed by atoms with van der Waals surface area (Å²) in [5.74, 6) is 0.570. The van der Waals surface area contributed by atoms with E-state index in [0.717, 1.165) is 11.1 Å². The molecule has 0 heterocycles. The molecule has 0 aliphatic carbocycles. The summed E-state index contributed by atoms with van der Waals surface area (Å²) in [6.07, 6.45) is 1.31. The Morgan fingerprint density at radius 1 is 1.05 bits per heavy atom. The highest BCUT2D eigenvalue weighted by Crippen LogP contribution is 2.23. The van der Waals surface area contributed by atoms with Crippen molar-refractivity contribution < 1.29 is 14.3 Å². The van der Waals surface area contributed by atoms with Gasteiger partial charge >= 0.3 is 5.97 Å². The third-order valence-corrected chi connectivity index (χ3v) is 3.08. The summed E-state index contributed by atoms with van der Waals surface area (Å²) < 4.78 is 10.4. The van der Waals surface area contributed by atoms with Crippen molar-refractivity contribution in [3.05, 3.63) is 70.8 Å². The van der Waals surface area contributed by atoms with Gasteiger partial charge in [0.15, 0.2) is 0 Å². The summed E-state index contributed by atoms with van der Waals surface area (Å²) in [4.78, 5) is 11.5. The Labute approximate surface area is 128 Å². The van der Waals surface area contributed by atoms with E-state index in [-0.39, 0.29) is 0 Å². The molecule has 4 heteroatoms. The Kier molecular flexibility index (Phi) is 5.01. The van der Waals surface area contributed by atoms with Gasteiger partial charge in [-0.15, -0.1) is 0 Å². The SMILES string of the molecule is COC(=O)/C=C(\Oc1ccc(C)cc1)c1ccc(Cl)cc1. The second-order valence-electron chi connectivity index (χ2n) is 4.45. The van der Waals surface area contributed by atoms with E-state index in [0.29, 0.717) is 16.5 Å². The number of methoxy groups -OCH3 is 1. The van der Waals surface area contributed by atoms with E-state index in [9.17, 15) is 4.79 Å². The fourth-order valence-corrected chi connectivity index (χ4v) is 1.81. The van der Waals surface area contributed by atoms with E-state index in [1.54, 1.807) is 24.3 Å². The summed E-state index contributed by atoms with van der Waals surface area (Å²) in [6, 6.07) is 14.6. The molecule has 0 atom stereocenters. The van der Waals surface area contributed by atoms with Crippen molar-refractivity contribution in [3.8, 4) is 5.75 Å². The van der Waals surface area contributed by atoms with Gasteiger partial charge in [0.1, 0.15) is 11.5 Å². The normalized spacial score (nSPS) is 11.1. The van der Waals surface area contributed by atoms with Crippen LogP contribution in [-0.4, -0.2) is 13.1 Å². The molecule has 2 rings (SSSR count). The highest BCUT2D eigenvalue weighted by molar-refractivity contribution is 6.30. The topological polar surface area (TPSA) is 35.5 Å². The highest BCUT2D eigenvalue weighted by Gasteiger charge is 2.08. The van der Waals surface area contributed by atoms with Crippen LogP contribution in [-0.2, 0) is 9.53 Å². The van der Waals surface area contributed by atoms with Crippen LogP contribution in [0.4, 0.5) is 0 Å². The fraction of sp³-hybridized carbons (Fsp3) is 0.118. The van der Waals surface area contributed by atoms with Crippen LogP contribution in [0.15, 0.2) is 54.6 Å². The van der Waals surface area contributed by atoms with Gasteiger partial charge in [0.2, 0.25) is 0 Å². The van der Waals surface area contributed by atoms with Crippen LogP contribution >= 0.6 is 11.6 Å². The molecule has 0 fully saturated rings. The largest absolute Gasteiger partial charge is 0.466 e. The van der Waals surface area contributed by atoms with E-state index < -0.39 is 5.97 Å². The van der Waals surface area contributed by atoms with Crippen LogP contribution in [0.3, 0.4) is 0 Å². The molecular weight excluding hydrogens is 288 g/mol. The van der Waals surface area contributed by atoms with Gasteiger partial charge in [-0.25, -0.2) is 4.79 Å². The number of rotatable bonds is 4. The Morgan fingerprint density at radius 2 is 1.67 bits per heavy atom. The standard InChI is InChI=1S/C17H15ClO3/c1-12-3-9-15(10-4-12)21-16(11-17(19)20-2)13-5-7-14(18)8-6-13/h3-11H,1-2H3/b16-11-. The maximum Gasteiger partial charge on any atom is 0.334 e. The predicted molar refractivity (Wildman–Crippen MR) is 83.3 cm³/mol. The van der Waals surface area contributed by atoms with Gasteiger partial charge in [-0.3, -0.25) is 0 Å². The minimum Gasteiger partial charge on any atom is -0.466 e. The van der Waals surface area contributed by atoms with Gasteiger partial charge in [0.25, 0.3) is 0 Å². The third-order valence-electron chi connectivity index (χ3n) is 2.83. The number of ether oxygens (including phenoxy) is 2. The number of hydrogen-bond donors (Lipinski definition) is 0. The number of esters is 1.